The predicted octanol–water partition coefficient (Wildman–Crippen LogP) is 1.44. The zero-order chi connectivity index (χ0) is 8.91. The lowest BCUT2D eigenvalue weighted by Gasteiger charge is -2.22. The van der Waals surface area contributed by atoms with Crippen LogP contribution in [0.3, 0.4) is 0 Å². The highest BCUT2D eigenvalue weighted by molar-refractivity contribution is 5.22. The topological polar surface area (TPSA) is 46.2 Å². The van der Waals surface area contributed by atoms with Gasteiger partial charge in [0.25, 0.3) is 0 Å². The van der Waals surface area contributed by atoms with Crippen LogP contribution in [0.5, 0.6) is 0 Å². The van der Waals surface area contributed by atoms with Gasteiger partial charge in [-0.25, -0.2) is 0 Å². The summed E-state index contributed by atoms with van der Waals surface area (Å²) in [7, 11) is 0. The normalized spacial score (nSPS) is 29.0. The monoisotopic (exact) mass is 157 g/mol. The third kappa shape index (κ3) is 2.31. The van der Waals surface area contributed by atoms with Crippen LogP contribution in [0.2, 0.25) is 0 Å². The second-order valence-corrected chi connectivity index (χ2v) is 2.74. The van der Waals surface area contributed by atoms with E-state index in [1.807, 2.05) is 20.8 Å². The van der Waals surface area contributed by atoms with Crippen molar-refractivity contribution in [2.24, 2.45) is 5.73 Å². The molecule has 0 aromatic carbocycles. The number of aliphatic hydroxyl groups excluding tert-OH is 1. The lowest BCUT2D eigenvalue weighted by molar-refractivity contribution is 0.219. The van der Waals surface area contributed by atoms with Crippen LogP contribution in [0.1, 0.15) is 33.6 Å². The summed E-state index contributed by atoms with van der Waals surface area (Å²) < 4.78 is 0. The highest BCUT2D eigenvalue weighted by atomic mass is 16.3. The molecule has 0 radical (unpaired) electrons. The molecular formula is C9H19NO. The van der Waals surface area contributed by atoms with Crippen molar-refractivity contribution in [2.75, 3.05) is 6.61 Å². The van der Waals surface area contributed by atoms with E-state index in [9.17, 15) is 0 Å². The Hall–Kier alpha value is -0.340. The van der Waals surface area contributed by atoms with Crippen molar-refractivity contribution in [3.63, 3.8) is 0 Å². The first-order valence-corrected chi connectivity index (χ1v) is 4.26. The smallest absolute Gasteiger partial charge is 0.0649 e. The zero-order valence-electron chi connectivity index (χ0n) is 7.72. The first-order valence-electron chi connectivity index (χ1n) is 4.26. The Morgan fingerprint density at radius 3 is 2.36 bits per heavy atom. The molecule has 2 nitrogen and oxygen atoms in total. The fourth-order valence-corrected chi connectivity index (χ4v) is 1.15. The average molecular weight is 157 g/mol. The molecule has 0 spiro atoms. The molecule has 0 bridgehead atoms. The highest BCUT2D eigenvalue weighted by Crippen LogP contribution is 2.26. The maximum atomic E-state index is 8.83. The van der Waals surface area contributed by atoms with Crippen LogP contribution in [-0.4, -0.2) is 17.3 Å². The van der Waals surface area contributed by atoms with Crippen LogP contribution in [0.15, 0.2) is 11.6 Å². The van der Waals surface area contributed by atoms with E-state index in [2.05, 4.69) is 6.08 Å². The van der Waals surface area contributed by atoms with Gasteiger partial charge in [0.2, 0.25) is 0 Å². The molecule has 3 N–H and O–H groups in total. The van der Waals surface area contributed by atoms with Crippen LogP contribution >= 0.6 is 0 Å². The summed E-state index contributed by atoms with van der Waals surface area (Å²) in [5, 5.41) is 8.83. The minimum absolute atomic E-state index is 0.0787. The van der Waals surface area contributed by atoms with Crippen molar-refractivity contribution in [1.82, 2.24) is 0 Å². The molecule has 0 aromatic heterocycles. The minimum atomic E-state index is -0.389. The van der Waals surface area contributed by atoms with Crippen LogP contribution < -0.4 is 5.73 Å². The predicted molar refractivity (Wildman–Crippen MR) is 48.3 cm³/mol. The van der Waals surface area contributed by atoms with Gasteiger partial charge in [-0.05, 0) is 19.8 Å². The fourth-order valence-electron chi connectivity index (χ4n) is 1.15. The Kier molecular flexibility index (Phi) is 4.38. The third-order valence-electron chi connectivity index (χ3n) is 2.11. The molecule has 1 atom stereocenters. The number of nitrogens with two attached hydrogens (primary N) is 1. The summed E-state index contributed by atoms with van der Waals surface area (Å²) in [6.07, 6.45) is 4.01. The van der Waals surface area contributed by atoms with Gasteiger partial charge in [0.15, 0.2) is 0 Å². The summed E-state index contributed by atoms with van der Waals surface area (Å²) in [5.74, 6) is 0. The van der Waals surface area contributed by atoms with Gasteiger partial charge in [0.1, 0.15) is 0 Å². The largest absolute Gasteiger partial charge is 0.394 e. The SMILES string of the molecule is CC.CC1=CCCC1(N)CO. The molecule has 0 saturated heterocycles. The maximum absolute atomic E-state index is 8.83. The van der Waals surface area contributed by atoms with Gasteiger partial charge in [-0.1, -0.05) is 25.5 Å². The van der Waals surface area contributed by atoms with Crippen molar-refractivity contribution < 1.29 is 5.11 Å². The molecule has 66 valence electrons. The standard InChI is InChI=1S/C7H13NO.C2H6/c1-6-3-2-4-7(6,8)5-9;1-2/h3,9H,2,4-5,8H2,1H3;1-2H3. The molecule has 0 saturated carbocycles. The van der Waals surface area contributed by atoms with Crippen LogP contribution in [-0.2, 0) is 0 Å². The molecule has 1 aliphatic carbocycles. The van der Waals surface area contributed by atoms with Gasteiger partial charge in [-0.2, -0.15) is 0 Å². The van der Waals surface area contributed by atoms with Gasteiger partial charge in [0.05, 0.1) is 12.1 Å². The molecule has 1 rings (SSSR count). The molecule has 0 amide bonds. The van der Waals surface area contributed by atoms with Crippen LogP contribution in [0, 0.1) is 0 Å². The lowest BCUT2D eigenvalue weighted by Crippen LogP contribution is -2.42. The maximum Gasteiger partial charge on any atom is 0.0649 e. The van der Waals surface area contributed by atoms with E-state index in [0.717, 1.165) is 18.4 Å². The fraction of sp³-hybridized carbons (Fsp3) is 0.778. The van der Waals surface area contributed by atoms with Gasteiger partial charge >= 0.3 is 0 Å². The van der Waals surface area contributed by atoms with E-state index in [4.69, 9.17) is 10.8 Å². The second-order valence-electron chi connectivity index (χ2n) is 2.74. The van der Waals surface area contributed by atoms with Crippen LogP contribution in [0.4, 0.5) is 0 Å². The Labute approximate surface area is 69.1 Å². The molecule has 0 aromatic rings. The Morgan fingerprint density at radius 1 is 1.64 bits per heavy atom. The van der Waals surface area contributed by atoms with Gasteiger partial charge in [0, 0.05) is 0 Å². The highest BCUT2D eigenvalue weighted by Gasteiger charge is 2.28. The molecule has 2 heteroatoms. The molecule has 0 aliphatic heterocycles. The van der Waals surface area contributed by atoms with Crippen molar-refractivity contribution in [3.8, 4) is 0 Å². The van der Waals surface area contributed by atoms with E-state index in [-0.39, 0.29) is 12.1 Å². The van der Waals surface area contributed by atoms with Crippen LogP contribution in [0.25, 0.3) is 0 Å². The molecule has 0 heterocycles. The number of hydrogen-bond acceptors (Lipinski definition) is 2. The number of allylic oxidation sites excluding steroid dienone is 1. The van der Waals surface area contributed by atoms with E-state index in [1.165, 1.54) is 0 Å². The van der Waals surface area contributed by atoms with Crippen molar-refractivity contribution in [3.05, 3.63) is 11.6 Å². The third-order valence-corrected chi connectivity index (χ3v) is 2.11. The molecule has 0 fully saturated rings. The quantitative estimate of drug-likeness (QED) is 0.566. The molecule has 1 aliphatic rings. The zero-order valence-corrected chi connectivity index (χ0v) is 7.72. The van der Waals surface area contributed by atoms with Gasteiger partial charge in [-0.15, -0.1) is 0 Å². The van der Waals surface area contributed by atoms with E-state index >= 15 is 0 Å². The summed E-state index contributed by atoms with van der Waals surface area (Å²) in [6.45, 7) is 6.05. The van der Waals surface area contributed by atoms with Crippen molar-refractivity contribution in [1.29, 1.82) is 0 Å². The van der Waals surface area contributed by atoms with E-state index in [1.54, 1.807) is 0 Å². The number of aliphatic hydroxyl groups is 1. The van der Waals surface area contributed by atoms with Crippen molar-refractivity contribution >= 4 is 0 Å². The lowest BCUT2D eigenvalue weighted by atomic mass is 9.95. The summed E-state index contributed by atoms with van der Waals surface area (Å²) in [6, 6.07) is 0. The first-order chi connectivity index (χ1) is 5.19. The van der Waals surface area contributed by atoms with Gasteiger partial charge < -0.3 is 10.8 Å². The first kappa shape index (κ1) is 10.7. The van der Waals surface area contributed by atoms with Crippen molar-refractivity contribution in [2.45, 2.75) is 39.2 Å². The Morgan fingerprint density at radius 2 is 2.18 bits per heavy atom. The van der Waals surface area contributed by atoms with Gasteiger partial charge in [-0.3, -0.25) is 0 Å². The Balaban J connectivity index is 0.000000461. The summed E-state index contributed by atoms with van der Waals surface area (Å²) >= 11 is 0. The second kappa shape index (κ2) is 4.52. The molecular weight excluding hydrogens is 138 g/mol. The molecule has 1 unspecified atom stereocenters. The minimum Gasteiger partial charge on any atom is -0.394 e. The summed E-state index contributed by atoms with van der Waals surface area (Å²) in [5.41, 5.74) is 6.52. The average Bonchev–Trinajstić information content (AvgIpc) is 2.38. The van der Waals surface area contributed by atoms with E-state index in [0.29, 0.717) is 0 Å². The summed E-state index contributed by atoms with van der Waals surface area (Å²) in [4.78, 5) is 0. The Bertz CT molecular complexity index is 142. The number of rotatable bonds is 1. The van der Waals surface area contributed by atoms with E-state index < -0.39 is 0 Å². The number of hydrogen-bond donors (Lipinski definition) is 2. The molecule has 11 heavy (non-hydrogen) atoms.